The SMILES string of the molecule is COc1cc2nc(Br)c(OC)nc2cc1OC. The summed E-state index contributed by atoms with van der Waals surface area (Å²) >= 11 is 3.29. The van der Waals surface area contributed by atoms with Crippen molar-refractivity contribution in [1.82, 2.24) is 9.97 Å². The summed E-state index contributed by atoms with van der Waals surface area (Å²) < 4.78 is 16.1. The Kier molecular flexibility index (Phi) is 3.33. The average Bonchev–Trinajstić information content (AvgIpc) is 2.36. The van der Waals surface area contributed by atoms with E-state index in [0.29, 0.717) is 33.0 Å². The van der Waals surface area contributed by atoms with Crippen molar-refractivity contribution in [2.45, 2.75) is 0 Å². The summed E-state index contributed by atoms with van der Waals surface area (Å²) in [6.45, 7) is 0. The molecule has 0 bridgehead atoms. The van der Waals surface area contributed by atoms with E-state index < -0.39 is 0 Å². The summed E-state index contributed by atoms with van der Waals surface area (Å²) in [6, 6.07) is 3.53. The molecule has 0 aliphatic carbocycles. The monoisotopic (exact) mass is 298 g/mol. The number of halogens is 1. The van der Waals surface area contributed by atoms with Crippen molar-refractivity contribution in [3.8, 4) is 17.4 Å². The molecule has 17 heavy (non-hydrogen) atoms. The lowest BCUT2D eigenvalue weighted by Gasteiger charge is -2.09. The van der Waals surface area contributed by atoms with Crippen LogP contribution in [0.25, 0.3) is 11.0 Å². The van der Waals surface area contributed by atoms with Crippen LogP contribution in [-0.2, 0) is 0 Å². The molecule has 0 saturated heterocycles. The average molecular weight is 299 g/mol. The number of aromatic nitrogens is 2. The fourth-order valence-electron chi connectivity index (χ4n) is 1.48. The Morgan fingerprint density at radius 2 is 1.41 bits per heavy atom. The van der Waals surface area contributed by atoms with Gasteiger partial charge in [0.25, 0.3) is 0 Å². The summed E-state index contributed by atoms with van der Waals surface area (Å²) in [5, 5.41) is 0. The van der Waals surface area contributed by atoms with Gasteiger partial charge in [-0.05, 0) is 15.9 Å². The Labute approximate surface area is 107 Å². The molecular formula is C11H11BrN2O3. The molecule has 0 radical (unpaired) electrons. The van der Waals surface area contributed by atoms with E-state index in [4.69, 9.17) is 14.2 Å². The van der Waals surface area contributed by atoms with E-state index in [-0.39, 0.29) is 0 Å². The molecule has 0 aliphatic rings. The van der Waals surface area contributed by atoms with Crippen LogP contribution in [0.1, 0.15) is 0 Å². The van der Waals surface area contributed by atoms with Gasteiger partial charge in [0.15, 0.2) is 16.1 Å². The minimum absolute atomic E-state index is 0.435. The van der Waals surface area contributed by atoms with E-state index in [1.807, 2.05) is 0 Å². The van der Waals surface area contributed by atoms with Crippen LogP contribution in [0.2, 0.25) is 0 Å². The number of rotatable bonds is 3. The van der Waals surface area contributed by atoms with Crippen molar-refractivity contribution >= 4 is 27.0 Å². The van der Waals surface area contributed by atoms with E-state index in [1.165, 1.54) is 0 Å². The Morgan fingerprint density at radius 1 is 0.882 bits per heavy atom. The number of fused-ring (bicyclic) bond motifs is 1. The number of benzene rings is 1. The highest BCUT2D eigenvalue weighted by atomic mass is 79.9. The Hall–Kier alpha value is -1.56. The first kappa shape index (κ1) is 11.9. The molecule has 1 aromatic heterocycles. The second kappa shape index (κ2) is 4.75. The minimum atomic E-state index is 0.435. The Morgan fingerprint density at radius 3 is 1.88 bits per heavy atom. The third-order valence-corrected chi connectivity index (χ3v) is 2.81. The third-order valence-electron chi connectivity index (χ3n) is 2.29. The first-order valence-corrected chi connectivity index (χ1v) is 5.62. The highest BCUT2D eigenvalue weighted by molar-refractivity contribution is 9.10. The van der Waals surface area contributed by atoms with Gasteiger partial charge in [-0.1, -0.05) is 0 Å². The molecule has 2 rings (SSSR count). The Balaban J connectivity index is 2.70. The van der Waals surface area contributed by atoms with Crippen molar-refractivity contribution in [3.05, 3.63) is 16.7 Å². The van der Waals surface area contributed by atoms with Crippen molar-refractivity contribution in [2.75, 3.05) is 21.3 Å². The first-order valence-electron chi connectivity index (χ1n) is 4.83. The predicted octanol–water partition coefficient (Wildman–Crippen LogP) is 2.42. The van der Waals surface area contributed by atoms with E-state index in [1.54, 1.807) is 33.5 Å². The second-order valence-corrected chi connectivity index (χ2v) is 3.97. The highest BCUT2D eigenvalue weighted by Crippen LogP contribution is 2.32. The minimum Gasteiger partial charge on any atom is -0.493 e. The van der Waals surface area contributed by atoms with Gasteiger partial charge in [0, 0.05) is 12.1 Å². The molecular weight excluding hydrogens is 288 g/mol. The van der Waals surface area contributed by atoms with Crippen LogP contribution in [0.3, 0.4) is 0 Å². The van der Waals surface area contributed by atoms with Gasteiger partial charge in [-0.3, -0.25) is 0 Å². The smallest absolute Gasteiger partial charge is 0.247 e. The van der Waals surface area contributed by atoms with E-state index in [9.17, 15) is 0 Å². The van der Waals surface area contributed by atoms with Crippen LogP contribution in [0.4, 0.5) is 0 Å². The predicted molar refractivity (Wildman–Crippen MR) is 66.9 cm³/mol. The summed E-state index contributed by atoms with van der Waals surface area (Å²) in [4.78, 5) is 8.63. The van der Waals surface area contributed by atoms with Crippen molar-refractivity contribution in [1.29, 1.82) is 0 Å². The van der Waals surface area contributed by atoms with E-state index in [2.05, 4.69) is 25.9 Å². The van der Waals surface area contributed by atoms with Gasteiger partial charge in [0.2, 0.25) is 5.88 Å². The van der Waals surface area contributed by atoms with Gasteiger partial charge < -0.3 is 14.2 Å². The quantitative estimate of drug-likeness (QED) is 0.871. The zero-order valence-electron chi connectivity index (χ0n) is 9.65. The molecule has 0 saturated carbocycles. The van der Waals surface area contributed by atoms with E-state index >= 15 is 0 Å². The zero-order chi connectivity index (χ0) is 12.4. The largest absolute Gasteiger partial charge is 0.493 e. The number of hydrogen-bond donors (Lipinski definition) is 0. The van der Waals surface area contributed by atoms with Crippen LogP contribution < -0.4 is 14.2 Å². The van der Waals surface area contributed by atoms with Gasteiger partial charge in [0.1, 0.15) is 0 Å². The van der Waals surface area contributed by atoms with Crippen molar-refractivity contribution in [2.24, 2.45) is 0 Å². The van der Waals surface area contributed by atoms with E-state index in [0.717, 1.165) is 0 Å². The molecule has 0 N–H and O–H groups in total. The standard InChI is InChI=1S/C11H11BrN2O3/c1-15-8-4-6-7(5-9(8)16-2)14-11(17-3)10(12)13-6/h4-5H,1-3H3. The Bertz CT molecular complexity index is 560. The van der Waals surface area contributed by atoms with Crippen LogP contribution in [0.15, 0.2) is 16.7 Å². The molecule has 0 aliphatic heterocycles. The molecule has 0 amide bonds. The van der Waals surface area contributed by atoms with Gasteiger partial charge in [-0.2, -0.15) is 0 Å². The topological polar surface area (TPSA) is 53.5 Å². The molecule has 6 heteroatoms. The molecule has 0 unspecified atom stereocenters. The molecule has 5 nitrogen and oxygen atoms in total. The second-order valence-electron chi connectivity index (χ2n) is 3.22. The lowest BCUT2D eigenvalue weighted by Crippen LogP contribution is -1.96. The van der Waals surface area contributed by atoms with Gasteiger partial charge >= 0.3 is 0 Å². The van der Waals surface area contributed by atoms with Gasteiger partial charge in [-0.15, -0.1) is 0 Å². The fourth-order valence-corrected chi connectivity index (χ4v) is 1.92. The van der Waals surface area contributed by atoms with Crippen LogP contribution in [0.5, 0.6) is 17.4 Å². The molecule has 0 spiro atoms. The molecule has 1 aromatic carbocycles. The van der Waals surface area contributed by atoms with Crippen LogP contribution >= 0.6 is 15.9 Å². The maximum Gasteiger partial charge on any atom is 0.247 e. The highest BCUT2D eigenvalue weighted by Gasteiger charge is 2.11. The lowest BCUT2D eigenvalue weighted by atomic mass is 10.2. The molecule has 0 atom stereocenters. The van der Waals surface area contributed by atoms with Gasteiger partial charge in [0.05, 0.1) is 32.4 Å². The maximum atomic E-state index is 5.20. The fraction of sp³-hybridized carbons (Fsp3) is 0.273. The van der Waals surface area contributed by atoms with Crippen molar-refractivity contribution < 1.29 is 14.2 Å². The summed E-state index contributed by atoms with van der Waals surface area (Å²) in [5.74, 6) is 1.66. The normalized spacial score (nSPS) is 10.4. The number of ether oxygens (including phenoxy) is 3. The van der Waals surface area contributed by atoms with Crippen molar-refractivity contribution in [3.63, 3.8) is 0 Å². The summed E-state index contributed by atoms with van der Waals surface area (Å²) in [7, 11) is 4.70. The lowest BCUT2D eigenvalue weighted by molar-refractivity contribution is 0.355. The first-order chi connectivity index (χ1) is 8.19. The number of hydrogen-bond acceptors (Lipinski definition) is 5. The summed E-state index contributed by atoms with van der Waals surface area (Å²) in [5.41, 5.74) is 1.39. The van der Waals surface area contributed by atoms with Crippen LogP contribution in [0, 0.1) is 0 Å². The third kappa shape index (κ3) is 2.12. The maximum absolute atomic E-state index is 5.20. The molecule has 90 valence electrons. The van der Waals surface area contributed by atoms with Gasteiger partial charge in [-0.25, -0.2) is 9.97 Å². The number of nitrogens with zero attached hydrogens (tertiary/aromatic N) is 2. The molecule has 2 aromatic rings. The molecule has 1 heterocycles. The number of methoxy groups -OCH3 is 3. The summed E-state index contributed by atoms with van der Waals surface area (Å²) in [6.07, 6.45) is 0. The zero-order valence-corrected chi connectivity index (χ0v) is 11.2. The van der Waals surface area contributed by atoms with Crippen LogP contribution in [-0.4, -0.2) is 31.3 Å². The molecule has 0 fully saturated rings.